The zero-order chi connectivity index (χ0) is 16.1. The van der Waals surface area contributed by atoms with Gasteiger partial charge in [-0.15, -0.1) is 0 Å². The van der Waals surface area contributed by atoms with Crippen molar-refractivity contribution in [2.24, 2.45) is 0 Å². The van der Waals surface area contributed by atoms with Crippen LogP contribution in [0.3, 0.4) is 0 Å². The minimum Gasteiger partial charge on any atom is -0.496 e. The first-order chi connectivity index (χ1) is 11.1. The van der Waals surface area contributed by atoms with E-state index < -0.39 is 0 Å². The maximum absolute atomic E-state index is 12.9. The van der Waals surface area contributed by atoms with E-state index in [-0.39, 0.29) is 28.5 Å². The molecule has 0 fully saturated rings. The van der Waals surface area contributed by atoms with Gasteiger partial charge in [-0.2, -0.15) is 0 Å². The number of aromatic nitrogens is 2. The van der Waals surface area contributed by atoms with Crippen LogP contribution in [0.2, 0.25) is 0 Å². The smallest absolute Gasteiger partial charge is 0.218 e. The van der Waals surface area contributed by atoms with Crippen molar-refractivity contribution in [2.75, 3.05) is 7.11 Å². The molecule has 0 unspecified atom stereocenters. The molecular weight excluding hydrogens is 292 g/mol. The number of ketones is 2. The molecule has 1 aliphatic carbocycles. The summed E-state index contributed by atoms with van der Waals surface area (Å²) in [6.07, 6.45) is 1.47. The number of carbonyl (C=O) groups excluding carboxylic acids is 2. The van der Waals surface area contributed by atoms with Gasteiger partial charge in [-0.1, -0.05) is 18.2 Å². The Morgan fingerprint density at radius 2 is 1.70 bits per heavy atom. The molecule has 0 spiro atoms. The molecule has 2 aromatic heterocycles. The van der Waals surface area contributed by atoms with Gasteiger partial charge in [-0.25, -0.2) is 4.98 Å². The normalized spacial score (nSPS) is 13.0. The Morgan fingerprint density at radius 1 is 0.957 bits per heavy atom. The Labute approximate surface area is 131 Å². The minimum atomic E-state index is -0.326. The molecule has 5 heteroatoms. The highest BCUT2D eigenvalue weighted by Crippen LogP contribution is 2.34. The molecule has 0 bridgehead atoms. The highest BCUT2D eigenvalue weighted by molar-refractivity contribution is 6.29. The van der Waals surface area contributed by atoms with Crippen LogP contribution in [0, 0.1) is 6.92 Å². The Kier molecular flexibility index (Phi) is 2.78. The molecule has 5 nitrogen and oxygen atoms in total. The number of benzene rings is 1. The number of pyridine rings is 2. The fourth-order valence-electron chi connectivity index (χ4n) is 3.06. The molecule has 2 heterocycles. The second kappa shape index (κ2) is 4.71. The van der Waals surface area contributed by atoms with Crippen LogP contribution in [-0.2, 0) is 0 Å². The summed E-state index contributed by atoms with van der Waals surface area (Å²) in [4.78, 5) is 34.3. The van der Waals surface area contributed by atoms with Crippen molar-refractivity contribution in [3.8, 4) is 5.75 Å². The van der Waals surface area contributed by atoms with Crippen LogP contribution in [0.5, 0.6) is 5.75 Å². The Balaban J connectivity index is 2.11. The minimum absolute atomic E-state index is 0.127. The Morgan fingerprint density at radius 3 is 2.48 bits per heavy atom. The maximum atomic E-state index is 12.9. The molecule has 0 saturated heterocycles. The van der Waals surface area contributed by atoms with E-state index in [0.29, 0.717) is 16.8 Å². The highest BCUT2D eigenvalue weighted by Gasteiger charge is 2.36. The summed E-state index contributed by atoms with van der Waals surface area (Å²) in [7, 11) is 1.46. The average molecular weight is 304 g/mol. The number of hydrogen-bond acceptors (Lipinski definition) is 5. The predicted molar refractivity (Wildman–Crippen MR) is 84.1 cm³/mol. The average Bonchev–Trinajstić information content (AvgIpc) is 2.59. The summed E-state index contributed by atoms with van der Waals surface area (Å²) >= 11 is 0. The van der Waals surface area contributed by atoms with Gasteiger partial charge in [0.2, 0.25) is 11.6 Å². The number of aryl methyl sites for hydroxylation is 1. The maximum Gasteiger partial charge on any atom is 0.218 e. The summed E-state index contributed by atoms with van der Waals surface area (Å²) in [5.41, 5.74) is 2.26. The first-order valence-corrected chi connectivity index (χ1v) is 7.15. The number of hydrogen-bond donors (Lipinski definition) is 0. The zero-order valence-corrected chi connectivity index (χ0v) is 12.6. The van der Waals surface area contributed by atoms with Crippen LogP contribution in [0.1, 0.15) is 37.7 Å². The number of nitrogens with zero attached hydrogens (tertiary/aromatic N) is 2. The van der Waals surface area contributed by atoms with Crippen molar-refractivity contribution in [3.63, 3.8) is 0 Å². The van der Waals surface area contributed by atoms with Crippen molar-refractivity contribution >= 4 is 22.5 Å². The van der Waals surface area contributed by atoms with Gasteiger partial charge in [0, 0.05) is 11.6 Å². The molecule has 0 N–H and O–H groups in total. The van der Waals surface area contributed by atoms with E-state index in [0.717, 1.165) is 10.9 Å². The van der Waals surface area contributed by atoms with Crippen molar-refractivity contribution < 1.29 is 14.3 Å². The molecular formula is C18H12N2O3. The summed E-state index contributed by atoms with van der Waals surface area (Å²) in [5, 5.41) is 0.860. The lowest BCUT2D eigenvalue weighted by Gasteiger charge is -2.20. The fourth-order valence-corrected chi connectivity index (χ4v) is 3.06. The van der Waals surface area contributed by atoms with E-state index in [1.54, 1.807) is 6.07 Å². The van der Waals surface area contributed by atoms with Crippen molar-refractivity contribution in [1.82, 2.24) is 9.97 Å². The molecule has 0 saturated carbocycles. The molecule has 23 heavy (non-hydrogen) atoms. The van der Waals surface area contributed by atoms with Crippen LogP contribution < -0.4 is 4.74 Å². The van der Waals surface area contributed by atoms with Crippen molar-refractivity contribution in [2.45, 2.75) is 6.92 Å². The van der Waals surface area contributed by atoms with Gasteiger partial charge >= 0.3 is 0 Å². The largest absolute Gasteiger partial charge is 0.496 e. The Bertz CT molecular complexity index is 1010. The van der Waals surface area contributed by atoms with E-state index >= 15 is 0 Å². The monoisotopic (exact) mass is 304 g/mol. The second-order valence-corrected chi connectivity index (χ2v) is 5.37. The van der Waals surface area contributed by atoms with Crippen LogP contribution in [0.4, 0.5) is 0 Å². The third-order valence-corrected chi connectivity index (χ3v) is 4.17. The first kappa shape index (κ1) is 13.6. The SMILES string of the molecule is COc1ccnc2c1C(=O)c1nc3ccccc3c(C)c1C2=O. The van der Waals surface area contributed by atoms with Crippen molar-refractivity contribution in [3.05, 3.63) is 64.6 Å². The molecule has 1 aromatic carbocycles. The van der Waals surface area contributed by atoms with E-state index in [4.69, 9.17) is 4.74 Å². The third kappa shape index (κ3) is 1.73. The summed E-state index contributed by atoms with van der Waals surface area (Å²) in [6.45, 7) is 1.83. The number of para-hydroxylation sites is 1. The van der Waals surface area contributed by atoms with E-state index in [2.05, 4.69) is 9.97 Å². The number of fused-ring (bicyclic) bond motifs is 3. The number of carbonyl (C=O) groups is 2. The molecule has 0 atom stereocenters. The van der Waals surface area contributed by atoms with E-state index in [1.807, 2.05) is 31.2 Å². The van der Waals surface area contributed by atoms with Gasteiger partial charge in [0.15, 0.2) is 0 Å². The topological polar surface area (TPSA) is 69.2 Å². The Hall–Kier alpha value is -3.08. The number of methoxy groups -OCH3 is 1. The van der Waals surface area contributed by atoms with Gasteiger partial charge in [0.05, 0.1) is 23.8 Å². The van der Waals surface area contributed by atoms with Crippen molar-refractivity contribution in [1.29, 1.82) is 0 Å². The third-order valence-electron chi connectivity index (χ3n) is 4.17. The highest BCUT2D eigenvalue weighted by atomic mass is 16.5. The van der Waals surface area contributed by atoms with Crippen LogP contribution >= 0.6 is 0 Å². The van der Waals surface area contributed by atoms with Crippen LogP contribution in [-0.4, -0.2) is 28.6 Å². The van der Waals surface area contributed by atoms with Gasteiger partial charge in [0.1, 0.15) is 17.1 Å². The lowest BCUT2D eigenvalue weighted by molar-refractivity contribution is 0.0969. The van der Waals surface area contributed by atoms with Gasteiger partial charge < -0.3 is 4.74 Å². The van der Waals surface area contributed by atoms with Gasteiger partial charge in [-0.05, 0) is 24.6 Å². The molecule has 4 rings (SSSR count). The van der Waals surface area contributed by atoms with E-state index in [1.165, 1.54) is 13.3 Å². The zero-order valence-electron chi connectivity index (χ0n) is 12.6. The lowest BCUT2D eigenvalue weighted by atomic mass is 9.86. The summed E-state index contributed by atoms with van der Waals surface area (Å²) in [5.74, 6) is -0.274. The van der Waals surface area contributed by atoms with Gasteiger partial charge in [0.25, 0.3) is 0 Å². The first-order valence-electron chi connectivity index (χ1n) is 7.15. The standard InChI is InChI=1S/C18H12N2O3/c1-9-10-5-3-4-6-11(10)20-16-13(9)17(21)15-14(18(16)22)12(23-2)7-8-19-15/h3-8H,1-2H3. The molecule has 0 aliphatic heterocycles. The fraction of sp³-hybridized carbons (Fsp3) is 0.111. The molecule has 0 radical (unpaired) electrons. The summed E-state index contributed by atoms with van der Waals surface area (Å²) < 4.78 is 5.22. The quantitative estimate of drug-likeness (QED) is 0.541. The number of ether oxygens (including phenoxy) is 1. The van der Waals surface area contributed by atoms with Gasteiger partial charge in [-0.3, -0.25) is 14.6 Å². The predicted octanol–water partition coefficient (Wildman–Crippen LogP) is 2.72. The lowest BCUT2D eigenvalue weighted by Crippen LogP contribution is -2.25. The second-order valence-electron chi connectivity index (χ2n) is 5.37. The summed E-state index contributed by atoms with van der Waals surface area (Å²) in [6, 6.07) is 9.03. The molecule has 3 aromatic rings. The molecule has 0 amide bonds. The molecule has 1 aliphatic rings. The van der Waals surface area contributed by atoms with E-state index in [9.17, 15) is 9.59 Å². The van der Waals surface area contributed by atoms with Crippen LogP contribution in [0.25, 0.3) is 10.9 Å². The van der Waals surface area contributed by atoms with Crippen LogP contribution in [0.15, 0.2) is 36.5 Å². The number of rotatable bonds is 1. The molecule has 112 valence electrons.